The van der Waals surface area contributed by atoms with E-state index in [2.05, 4.69) is 4.98 Å². The molecule has 1 aromatic heterocycles. The maximum absolute atomic E-state index is 12.5. The van der Waals surface area contributed by atoms with Gasteiger partial charge in [-0.25, -0.2) is 9.59 Å². The molecule has 0 fully saturated rings. The SMILES string of the molecule is O=C(O)c1ccc2c(=O)n(Cc3ccccc3Cl)c(=O)[nH]c2c1. The molecule has 0 saturated heterocycles. The van der Waals surface area contributed by atoms with Crippen LogP contribution in [-0.4, -0.2) is 20.6 Å². The first-order valence-electron chi connectivity index (χ1n) is 6.71. The van der Waals surface area contributed by atoms with Crippen LogP contribution in [-0.2, 0) is 6.54 Å². The molecule has 0 spiro atoms. The maximum Gasteiger partial charge on any atom is 0.335 e. The predicted octanol–water partition coefficient (Wildman–Crippen LogP) is 2.09. The van der Waals surface area contributed by atoms with E-state index in [1.54, 1.807) is 24.3 Å². The number of halogens is 1. The molecule has 3 rings (SSSR count). The van der Waals surface area contributed by atoms with Crippen LogP contribution in [0.5, 0.6) is 0 Å². The van der Waals surface area contributed by atoms with E-state index < -0.39 is 17.2 Å². The van der Waals surface area contributed by atoms with Gasteiger partial charge in [-0.3, -0.25) is 9.36 Å². The summed E-state index contributed by atoms with van der Waals surface area (Å²) in [5, 5.41) is 9.67. The minimum absolute atomic E-state index is 0.00333. The molecule has 7 heteroatoms. The van der Waals surface area contributed by atoms with E-state index in [-0.39, 0.29) is 23.0 Å². The number of nitrogens with zero attached hydrogens (tertiary/aromatic N) is 1. The average molecular weight is 331 g/mol. The summed E-state index contributed by atoms with van der Waals surface area (Å²) in [5.74, 6) is -1.13. The number of benzene rings is 2. The Morgan fingerprint density at radius 3 is 2.61 bits per heavy atom. The van der Waals surface area contributed by atoms with Gasteiger partial charge in [0.1, 0.15) is 0 Å². The molecule has 0 atom stereocenters. The molecule has 0 unspecified atom stereocenters. The van der Waals surface area contributed by atoms with Gasteiger partial charge in [-0.2, -0.15) is 0 Å². The highest BCUT2D eigenvalue weighted by atomic mass is 35.5. The largest absolute Gasteiger partial charge is 0.478 e. The van der Waals surface area contributed by atoms with Gasteiger partial charge in [-0.05, 0) is 29.8 Å². The number of carboxylic acid groups (broad SMARTS) is 1. The van der Waals surface area contributed by atoms with Crippen LogP contribution in [0.3, 0.4) is 0 Å². The number of aromatic nitrogens is 2. The van der Waals surface area contributed by atoms with E-state index in [1.807, 2.05) is 0 Å². The van der Waals surface area contributed by atoms with Crippen molar-refractivity contribution < 1.29 is 9.90 Å². The van der Waals surface area contributed by atoms with Crippen molar-refractivity contribution in [2.75, 3.05) is 0 Å². The normalized spacial score (nSPS) is 10.8. The minimum atomic E-state index is -1.13. The lowest BCUT2D eigenvalue weighted by Gasteiger charge is -2.08. The Morgan fingerprint density at radius 2 is 1.91 bits per heavy atom. The van der Waals surface area contributed by atoms with Crippen molar-refractivity contribution in [2.24, 2.45) is 0 Å². The first-order chi connectivity index (χ1) is 11.0. The first kappa shape index (κ1) is 15.1. The van der Waals surface area contributed by atoms with Crippen molar-refractivity contribution in [2.45, 2.75) is 6.54 Å². The summed E-state index contributed by atoms with van der Waals surface area (Å²) in [6.07, 6.45) is 0. The molecule has 2 aromatic carbocycles. The first-order valence-corrected chi connectivity index (χ1v) is 7.09. The Kier molecular flexibility index (Phi) is 3.75. The lowest BCUT2D eigenvalue weighted by molar-refractivity contribution is 0.0697. The summed E-state index contributed by atoms with van der Waals surface area (Å²) in [4.78, 5) is 38.2. The summed E-state index contributed by atoms with van der Waals surface area (Å²) < 4.78 is 1.03. The number of carbonyl (C=O) groups is 1. The zero-order valence-corrected chi connectivity index (χ0v) is 12.5. The Hall–Kier alpha value is -2.86. The van der Waals surface area contributed by atoms with E-state index in [0.29, 0.717) is 10.6 Å². The van der Waals surface area contributed by atoms with Crippen molar-refractivity contribution in [1.82, 2.24) is 9.55 Å². The van der Waals surface area contributed by atoms with Gasteiger partial charge in [-0.1, -0.05) is 29.8 Å². The second kappa shape index (κ2) is 5.73. The molecule has 0 radical (unpaired) electrons. The predicted molar refractivity (Wildman–Crippen MR) is 86.3 cm³/mol. The summed E-state index contributed by atoms with van der Waals surface area (Å²) in [6, 6.07) is 10.9. The van der Waals surface area contributed by atoms with Gasteiger partial charge in [0.05, 0.1) is 23.0 Å². The molecule has 0 bridgehead atoms. The fourth-order valence-electron chi connectivity index (χ4n) is 2.33. The van der Waals surface area contributed by atoms with Crippen LogP contribution >= 0.6 is 11.6 Å². The van der Waals surface area contributed by atoms with Crippen LogP contribution in [0.4, 0.5) is 0 Å². The number of aromatic carboxylic acids is 1. The Balaban J connectivity index is 2.18. The highest BCUT2D eigenvalue weighted by Gasteiger charge is 2.11. The zero-order valence-electron chi connectivity index (χ0n) is 11.7. The number of rotatable bonds is 3. The van der Waals surface area contributed by atoms with E-state index in [4.69, 9.17) is 16.7 Å². The summed E-state index contributed by atoms with van der Waals surface area (Å²) in [6.45, 7) is 0.0322. The Morgan fingerprint density at radius 1 is 1.17 bits per heavy atom. The third kappa shape index (κ3) is 2.76. The van der Waals surface area contributed by atoms with Crippen LogP contribution in [0.25, 0.3) is 10.9 Å². The number of hydrogen-bond acceptors (Lipinski definition) is 3. The Labute approximate surface area is 134 Å². The molecule has 6 nitrogen and oxygen atoms in total. The monoisotopic (exact) mass is 330 g/mol. The summed E-state index contributed by atoms with van der Waals surface area (Å²) in [5.41, 5.74) is -0.291. The number of aromatic amines is 1. The van der Waals surface area contributed by atoms with Crippen molar-refractivity contribution in [1.29, 1.82) is 0 Å². The molecule has 0 aliphatic heterocycles. The van der Waals surface area contributed by atoms with Crippen LogP contribution in [0, 0.1) is 0 Å². The smallest absolute Gasteiger partial charge is 0.335 e. The van der Waals surface area contributed by atoms with Crippen molar-refractivity contribution in [3.63, 3.8) is 0 Å². The number of carboxylic acids is 1. The lowest BCUT2D eigenvalue weighted by Crippen LogP contribution is -2.35. The van der Waals surface area contributed by atoms with Gasteiger partial charge in [0.2, 0.25) is 0 Å². The van der Waals surface area contributed by atoms with Crippen molar-refractivity contribution in [3.05, 3.63) is 79.5 Å². The molecule has 0 amide bonds. The molecule has 2 N–H and O–H groups in total. The fourth-order valence-corrected chi connectivity index (χ4v) is 2.52. The molecular weight excluding hydrogens is 320 g/mol. The second-order valence-corrected chi connectivity index (χ2v) is 5.39. The lowest BCUT2D eigenvalue weighted by atomic mass is 10.1. The van der Waals surface area contributed by atoms with E-state index in [0.717, 1.165) is 4.57 Å². The van der Waals surface area contributed by atoms with Gasteiger partial charge in [0.15, 0.2) is 0 Å². The van der Waals surface area contributed by atoms with Crippen molar-refractivity contribution >= 4 is 28.5 Å². The van der Waals surface area contributed by atoms with Gasteiger partial charge in [0.25, 0.3) is 5.56 Å². The number of fused-ring (bicyclic) bond motifs is 1. The van der Waals surface area contributed by atoms with E-state index in [1.165, 1.54) is 18.2 Å². The van der Waals surface area contributed by atoms with Gasteiger partial charge < -0.3 is 10.1 Å². The van der Waals surface area contributed by atoms with Gasteiger partial charge in [0, 0.05) is 5.02 Å². The average Bonchev–Trinajstić information content (AvgIpc) is 2.52. The van der Waals surface area contributed by atoms with Crippen LogP contribution in [0.1, 0.15) is 15.9 Å². The quantitative estimate of drug-likeness (QED) is 0.769. The van der Waals surface area contributed by atoms with Crippen molar-refractivity contribution in [3.8, 4) is 0 Å². The molecule has 0 saturated carbocycles. The third-order valence-corrected chi connectivity index (χ3v) is 3.88. The van der Waals surface area contributed by atoms with Gasteiger partial charge in [-0.15, -0.1) is 0 Å². The van der Waals surface area contributed by atoms with Crippen LogP contribution < -0.4 is 11.2 Å². The highest BCUT2D eigenvalue weighted by Crippen LogP contribution is 2.15. The van der Waals surface area contributed by atoms with E-state index in [9.17, 15) is 14.4 Å². The minimum Gasteiger partial charge on any atom is -0.478 e. The molecule has 3 aromatic rings. The van der Waals surface area contributed by atoms with Gasteiger partial charge >= 0.3 is 11.7 Å². The zero-order chi connectivity index (χ0) is 16.6. The molecule has 1 heterocycles. The fraction of sp³-hybridized carbons (Fsp3) is 0.0625. The summed E-state index contributed by atoms with van der Waals surface area (Å²) in [7, 11) is 0. The molecule has 0 aliphatic carbocycles. The third-order valence-electron chi connectivity index (χ3n) is 3.52. The van der Waals surface area contributed by atoms with E-state index >= 15 is 0 Å². The standard InChI is InChI=1S/C16H11ClN2O4/c17-12-4-2-1-3-10(12)8-19-14(20)11-6-5-9(15(21)22)7-13(11)18-16(19)23/h1-7H,8H2,(H,18,23)(H,21,22). The second-order valence-electron chi connectivity index (χ2n) is 4.98. The Bertz CT molecular complexity index is 1040. The highest BCUT2D eigenvalue weighted by molar-refractivity contribution is 6.31. The number of nitrogens with one attached hydrogen (secondary N) is 1. The number of hydrogen-bond donors (Lipinski definition) is 2. The van der Waals surface area contributed by atoms with Crippen LogP contribution in [0.15, 0.2) is 52.1 Å². The molecule has 0 aliphatic rings. The maximum atomic E-state index is 12.5. The molecule has 23 heavy (non-hydrogen) atoms. The van der Waals surface area contributed by atoms with Crippen LogP contribution in [0.2, 0.25) is 5.02 Å². The number of H-pyrrole nitrogens is 1. The topological polar surface area (TPSA) is 92.2 Å². The summed E-state index contributed by atoms with van der Waals surface area (Å²) >= 11 is 6.06. The molecule has 116 valence electrons. The molecular formula is C16H11ClN2O4.